The molecule has 2 N–H and O–H groups in total. The molecule has 1 saturated carbocycles. The fourth-order valence-electron chi connectivity index (χ4n) is 2.10. The highest BCUT2D eigenvalue weighted by Crippen LogP contribution is 2.34. The lowest BCUT2D eigenvalue weighted by molar-refractivity contribution is -0.152. The molecule has 0 radical (unpaired) electrons. The lowest BCUT2D eigenvalue weighted by Crippen LogP contribution is -2.44. The van der Waals surface area contributed by atoms with Crippen LogP contribution in [0, 0.1) is 11.8 Å². The summed E-state index contributed by atoms with van der Waals surface area (Å²) in [6, 6.07) is 9.98. The minimum atomic E-state index is -0.856. The van der Waals surface area contributed by atoms with Gasteiger partial charge in [0.15, 0.2) is 0 Å². The Labute approximate surface area is 116 Å². The largest absolute Gasteiger partial charge is 0.481 e. The number of rotatable bonds is 6. The molecule has 0 aromatic heterocycles. The van der Waals surface area contributed by atoms with E-state index < -0.39 is 11.9 Å². The highest BCUT2D eigenvalue weighted by atomic mass is 32.2. The van der Waals surface area contributed by atoms with E-state index in [4.69, 9.17) is 5.11 Å². The van der Waals surface area contributed by atoms with Crippen molar-refractivity contribution >= 4 is 23.6 Å². The number of thioether (sulfide) groups is 1. The normalized spacial score (nSPS) is 21.5. The quantitative estimate of drug-likeness (QED) is 0.617. The van der Waals surface area contributed by atoms with Crippen LogP contribution in [-0.4, -0.2) is 29.3 Å². The van der Waals surface area contributed by atoms with Gasteiger partial charge in [-0.3, -0.25) is 9.59 Å². The number of hydrogen-bond donors (Lipinski definition) is 2. The third-order valence-corrected chi connectivity index (χ3v) is 4.36. The Morgan fingerprint density at radius 2 is 1.89 bits per heavy atom. The molecule has 2 unspecified atom stereocenters. The van der Waals surface area contributed by atoms with Crippen molar-refractivity contribution in [3.63, 3.8) is 0 Å². The molecule has 0 saturated heterocycles. The molecule has 19 heavy (non-hydrogen) atoms. The molecule has 0 bridgehead atoms. The van der Waals surface area contributed by atoms with Crippen LogP contribution in [-0.2, 0) is 9.59 Å². The smallest absolute Gasteiger partial charge is 0.307 e. The van der Waals surface area contributed by atoms with Crippen molar-refractivity contribution in [1.29, 1.82) is 0 Å². The number of carboxylic acids is 1. The monoisotopic (exact) mass is 279 g/mol. The van der Waals surface area contributed by atoms with Gasteiger partial charge in [-0.25, -0.2) is 0 Å². The van der Waals surface area contributed by atoms with Gasteiger partial charge in [0, 0.05) is 17.2 Å². The third-order valence-electron chi connectivity index (χ3n) is 3.34. The first-order valence-corrected chi connectivity index (χ1v) is 7.35. The van der Waals surface area contributed by atoms with Crippen molar-refractivity contribution in [3.8, 4) is 0 Å². The van der Waals surface area contributed by atoms with Gasteiger partial charge in [0.1, 0.15) is 0 Å². The number of carbonyl (C=O) groups is 2. The van der Waals surface area contributed by atoms with Crippen LogP contribution in [0.5, 0.6) is 0 Å². The summed E-state index contributed by atoms with van der Waals surface area (Å²) in [5, 5.41) is 11.7. The molecule has 1 aliphatic carbocycles. The highest BCUT2D eigenvalue weighted by molar-refractivity contribution is 7.99. The number of carbonyl (C=O) groups excluding carboxylic acids is 1. The zero-order valence-corrected chi connectivity index (χ0v) is 11.4. The average Bonchev–Trinajstić information content (AvgIpc) is 2.34. The topological polar surface area (TPSA) is 66.4 Å². The Morgan fingerprint density at radius 3 is 2.47 bits per heavy atom. The molecule has 4 nitrogen and oxygen atoms in total. The lowest BCUT2D eigenvalue weighted by Gasteiger charge is -2.31. The van der Waals surface area contributed by atoms with Crippen molar-refractivity contribution < 1.29 is 14.7 Å². The fraction of sp³-hybridized carbons (Fsp3) is 0.429. The molecule has 0 spiro atoms. The Bertz CT molecular complexity index is 449. The summed E-state index contributed by atoms with van der Waals surface area (Å²) in [7, 11) is 0. The summed E-state index contributed by atoms with van der Waals surface area (Å²) in [6.45, 7) is 0.571. The zero-order valence-electron chi connectivity index (χ0n) is 10.5. The maximum absolute atomic E-state index is 11.8. The second kappa shape index (κ2) is 6.61. The zero-order chi connectivity index (χ0) is 13.7. The maximum Gasteiger partial charge on any atom is 0.307 e. The molecule has 0 heterocycles. The Balaban J connectivity index is 1.66. The number of hydrogen-bond acceptors (Lipinski definition) is 3. The van der Waals surface area contributed by atoms with E-state index >= 15 is 0 Å². The van der Waals surface area contributed by atoms with Crippen LogP contribution in [0.3, 0.4) is 0 Å². The number of carboxylic acid groups (broad SMARTS) is 1. The predicted octanol–water partition coefficient (Wildman–Crippen LogP) is 2.01. The van der Waals surface area contributed by atoms with Crippen molar-refractivity contribution in [1.82, 2.24) is 5.32 Å². The summed E-state index contributed by atoms with van der Waals surface area (Å²) < 4.78 is 0. The van der Waals surface area contributed by atoms with E-state index in [0.29, 0.717) is 19.4 Å². The van der Waals surface area contributed by atoms with E-state index in [2.05, 4.69) is 5.32 Å². The van der Waals surface area contributed by atoms with Crippen molar-refractivity contribution in [2.75, 3.05) is 12.3 Å². The van der Waals surface area contributed by atoms with Gasteiger partial charge in [-0.2, -0.15) is 0 Å². The van der Waals surface area contributed by atoms with Crippen LogP contribution >= 0.6 is 11.8 Å². The van der Waals surface area contributed by atoms with E-state index in [9.17, 15) is 9.59 Å². The van der Waals surface area contributed by atoms with Crippen LogP contribution in [0.2, 0.25) is 0 Å². The van der Waals surface area contributed by atoms with Gasteiger partial charge in [0.05, 0.1) is 11.8 Å². The summed E-state index contributed by atoms with van der Waals surface area (Å²) in [5.41, 5.74) is 0. The molecule has 2 atom stereocenters. The molecule has 0 aliphatic heterocycles. The second-order valence-corrected chi connectivity index (χ2v) is 5.75. The van der Waals surface area contributed by atoms with E-state index in [-0.39, 0.29) is 11.8 Å². The summed E-state index contributed by atoms with van der Waals surface area (Å²) in [6.07, 6.45) is 1.31. The Kier molecular flexibility index (Phi) is 4.85. The van der Waals surface area contributed by atoms with Gasteiger partial charge >= 0.3 is 5.97 Å². The van der Waals surface area contributed by atoms with Crippen LogP contribution < -0.4 is 5.32 Å². The molecular weight excluding hydrogens is 262 g/mol. The number of benzene rings is 1. The lowest BCUT2D eigenvalue weighted by atomic mass is 9.73. The number of amides is 1. The SMILES string of the molecule is O=C(O)C1CCC1C(=O)NCCSc1ccccc1. The molecule has 1 amide bonds. The Hall–Kier alpha value is -1.49. The fourth-order valence-corrected chi connectivity index (χ4v) is 2.89. The molecular formula is C14H17NO3S. The van der Waals surface area contributed by atoms with E-state index in [1.807, 2.05) is 30.3 Å². The molecule has 102 valence electrons. The third kappa shape index (κ3) is 3.73. The summed E-state index contributed by atoms with van der Waals surface area (Å²) >= 11 is 1.68. The molecule has 1 aromatic rings. The first-order valence-electron chi connectivity index (χ1n) is 6.37. The van der Waals surface area contributed by atoms with Crippen molar-refractivity contribution in [2.45, 2.75) is 17.7 Å². The number of aliphatic carboxylic acids is 1. The molecule has 1 aliphatic rings. The molecule has 5 heteroatoms. The number of nitrogens with one attached hydrogen (secondary N) is 1. The van der Waals surface area contributed by atoms with E-state index in [1.54, 1.807) is 11.8 Å². The summed E-state index contributed by atoms with van der Waals surface area (Å²) in [4.78, 5) is 23.8. The van der Waals surface area contributed by atoms with Gasteiger partial charge < -0.3 is 10.4 Å². The van der Waals surface area contributed by atoms with Gasteiger partial charge in [-0.05, 0) is 25.0 Å². The molecule has 1 aromatic carbocycles. The second-order valence-electron chi connectivity index (χ2n) is 4.58. The minimum absolute atomic E-state index is 0.118. The van der Waals surface area contributed by atoms with Crippen molar-refractivity contribution in [2.24, 2.45) is 11.8 Å². The van der Waals surface area contributed by atoms with Gasteiger partial charge in [0.2, 0.25) is 5.91 Å². The molecule has 2 rings (SSSR count). The van der Waals surface area contributed by atoms with E-state index in [0.717, 1.165) is 5.75 Å². The molecule has 1 fully saturated rings. The predicted molar refractivity (Wildman–Crippen MR) is 74.0 cm³/mol. The van der Waals surface area contributed by atoms with Crippen molar-refractivity contribution in [3.05, 3.63) is 30.3 Å². The maximum atomic E-state index is 11.8. The summed E-state index contributed by atoms with van der Waals surface area (Å²) in [5.74, 6) is -1.00. The van der Waals surface area contributed by atoms with Crippen LogP contribution in [0.25, 0.3) is 0 Å². The van der Waals surface area contributed by atoms with Crippen LogP contribution in [0.4, 0.5) is 0 Å². The Morgan fingerprint density at radius 1 is 1.21 bits per heavy atom. The minimum Gasteiger partial charge on any atom is -0.481 e. The van der Waals surface area contributed by atoms with Gasteiger partial charge in [-0.1, -0.05) is 18.2 Å². The first kappa shape index (κ1) is 13.9. The van der Waals surface area contributed by atoms with Crippen LogP contribution in [0.1, 0.15) is 12.8 Å². The average molecular weight is 279 g/mol. The highest BCUT2D eigenvalue weighted by Gasteiger charge is 2.41. The van der Waals surface area contributed by atoms with Gasteiger partial charge in [-0.15, -0.1) is 11.8 Å². The first-order chi connectivity index (χ1) is 9.18. The van der Waals surface area contributed by atoms with E-state index in [1.165, 1.54) is 4.90 Å². The standard InChI is InChI=1S/C14H17NO3S/c16-13(11-6-7-12(11)14(17)18)15-8-9-19-10-4-2-1-3-5-10/h1-5,11-12H,6-9H2,(H,15,16)(H,17,18). The van der Waals surface area contributed by atoms with Gasteiger partial charge in [0.25, 0.3) is 0 Å². The van der Waals surface area contributed by atoms with Crippen LogP contribution in [0.15, 0.2) is 35.2 Å².